The summed E-state index contributed by atoms with van der Waals surface area (Å²) in [5.74, 6) is -1.14. The fourth-order valence-electron chi connectivity index (χ4n) is 6.28. The number of rotatable bonds is 18. The van der Waals surface area contributed by atoms with Crippen molar-refractivity contribution in [1.82, 2.24) is 10.6 Å². The van der Waals surface area contributed by atoms with Crippen molar-refractivity contribution >= 4 is 111 Å². The fourth-order valence-corrected chi connectivity index (χ4v) is 11.9. The first-order chi connectivity index (χ1) is 28.4. The van der Waals surface area contributed by atoms with Crippen LogP contribution in [0.15, 0.2) is 78.1 Å². The van der Waals surface area contributed by atoms with Gasteiger partial charge >= 0.3 is 8.80 Å². The van der Waals surface area contributed by atoms with Crippen molar-refractivity contribution in [2.45, 2.75) is 58.4 Å². The number of fused-ring (bicyclic) bond motifs is 2. The van der Waals surface area contributed by atoms with Gasteiger partial charge in [-0.2, -0.15) is 33.7 Å². The maximum atomic E-state index is 12.7. The molecule has 23 nitrogen and oxygen atoms in total. The van der Waals surface area contributed by atoms with Gasteiger partial charge in [0.1, 0.15) is 20.4 Å². The van der Waals surface area contributed by atoms with Crippen LogP contribution in [0.25, 0.3) is 21.5 Å². The predicted molar refractivity (Wildman–Crippen MR) is 225 cm³/mol. The molecule has 0 amide bonds. The van der Waals surface area contributed by atoms with Crippen molar-refractivity contribution < 1.29 is 70.3 Å². The van der Waals surface area contributed by atoms with E-state index in [0.717, 1.165) is 42.5 Å². The molecule has 4 aromatic carbocycles. The number of hydrogen-bond donors (Lipinski definition) is 10. The molecule has 0 radical (unpaired) electrons. The third-order valence-electron chi connectivity index (χ3n) is 8.55. The Balaban J connectivity index is 1.56. The second kappa shape index (κ2) is 18.5. The zero-order valence-electron chi connectivity index (χ0n) is 32.1. The van der Waals surface area contributed by atoms with Crippen LogP contribution in [0.2, 0.25) is 6.04 Å². The minimum Gasteiger partial charge on any atom is -0.505 e. The lowest BCUT2D eigenvalue weighted by atomic mass is 10.1. The van der Waals surface area contributed by atoms with Crippen LogP contribution in [0, 0.1) is 0 Å². The molecule has 0 spiro atoms. The Kier molecular flexibility index (Phi) is 14.4. The molecular weight excluding hydrogens is 930 g/mol. The van der Waals surface area contributed by atoms with Gasteiger partial charge in [-0.1, -0.05) is 29.8 Å². The van der Waals surface area contributed by atoms with E-state index in [0.29, 0.717) is 38.4 Å². The molecule has 0 aliphatic carbocycles. The zero-order valence-corrected chi connectivity index (χ0v) is 37.1. The van der Waals surface area contributed by atoms with Crippen molar-refractivity contribution in [2.75, 3.05) is 42.5 Å². The summed E-state index contributed by atoms with van der Waals surface area (Å²) < 4.78 is 157. The molecule has 0 bridgehead atoms. The van der Waals surface area contributed by atoms with Gasteiger partial charge in [0.25, 0.3) is 40.5 Å². The van der Waals surface area contributed by atoms with Crippen LogP contribution in [0.5, 0.6) is 5.75 Å². The van der Waals surface area contributed by atoms with Gasteiger partial charge in [0.15, 0.2) is 5.75 Å². The molecule has 0 saturated carbocycles. The van der Waals surface area contributed by atoms with Crippen molar-refractivity contribution in [1.29, 1.82) is 0 Å². The summed E-state index contributed by atoms with van der Waals surface area (Å²) in [6.07, 6.45) is 0.456. The standard InChI is InChI=1S/C32H40ClN7O16S4Si/c1-4-54-61(55-5-2,56-6-3)14-8-13-34-31-36-30(33)37-32(38-31)35-23-17-19(57(42,43)44)15-18-16-25(59(48,49)50)27(28(41)26(18)23)40-39-22-12-11-20-21(29(22)60(51,52)53)9-7-10-24(20)58(45,46)47/h7,9-12,15-17,30,39-41H,4-6,8,13-14H2,1-3H3,(H,42,43,44)(H,45,46,47)(H,48,49,50)(H,51,52,53)(H3,34,35,36,37,38). The summed E-state index contributed by atoms with van der Waals surface area (Å²) in [6, 6.07) is 7.88. The van der Waals surface area contributed by atoms with E-state index >= 15 is 0 Å². The van der Waals surface area contributed by atoms with Crippen LogP contribution in [0.4, 0.5) is 17.1 Å². The van der Waals surface area contributed by atoms with Gasteiger partial charge in [0, 0.05) is 48.6 Å². The molecule has 1 atom stereocenters. The van der Waals surface area contributed by atoms with E-state index in [-0.39, 0.29) is 34.9 Å². The predicted octanol–water partition coefficient (Wildman–Crippen LogP) is 3.40. The molecule has 334 valence electrons. The van der Waals surface area contributed by atoms with Crippen molar-refractivity contribution in [3.63, 3.8) is 0 Å². The molecule has 0 aromatic heterocycles. The Bertz CT molecular complexity index is 2850. The molecule has 1 unspecified atom stereocenters. The summed E-state index contributed by atoms with van der Waals surface area (Å²) in [4.78, 5) is 5.02. The molecule has 0 saturated heterocycles. The van der Waals surface area contributed by atoms with Gasteiger partial charge in [-0.05, 0) is 62.9 Å². The zero-order chi connectivity index (χ0) is 45.1. The lowest BCUT2D eigenvalue weighted by molar-refractivity contribution is 0.0709. The number of phenols is 1. The summed E-state index contributed by atoms with van der Waals surface area (Å²) in [5.41, 5.74) is 1.64. The smallest absolute Gasteiger partial charge is 0.500 e. The second-order valence-electron chi connectivity index (χ2n) is 12.6. The molecule has 29 heteroatoms. The highest BCUT2D eigenvalue weighted by Gasteiger charge is 2.39. The number of halogens is 1. The van der Waals surface area contributed by atoms with E-state index in [1.165, 1.54) is 0 Å². The number of alkyl halides is 1. The van der Waals surface area contributed by atoms with Gasteiger partial charge in [0.2, 0.25) is 17.5 Å². The Morgan fingerprint density at radius 2 is 1.43 bits per heavy atom. The van der Waals surface area contributed by atoms with Crippen LogP contribution in [-0.2, 0) is 53.8 Å². The Hall–Kier alpha value is -4.43. The molecule has 1 heterocycles. The number of guanidine groups is 2. The van der Waals surface area contributed by atoms with E-state index in [4.69, 9.17) is 24.9 Å². The number of hydrogen-bond acceptors (Lipinski definition) is 17. The van der Waals surface area contributed by atoms with Gasteiger partial charge in [0.05, 0.1) is 16.3 Å². The fraction of sp³-hybridized carbons (Fsp3) is 0.312. The number of phenolic OH excluding ortho intramolecular Hbond substituents is 1. The van der Waals surface area contributed by atoms with Crippen molar-refractivity contribution in [3.05, 3.63) is 48.5 Å². The molecule has 1 aliphatic rings. The SMILES string of the molecule is CCO[Si](CCCN=C1NC(Nc2cc(S(=O)(=O)O)cc3cc(S(=O)(=O)O)c(NNc4ccc5c(S(=O)(=O)O)cccc5c4S(=O)(=O)O)c(O)c23)=NC(Cl)N1)(OCC)OCC. The molecule has 0 fully saturated rings. The van der Waals surface area contributed by atoms with Gasteiger partial charge < -0.3 is 29.0 Å². The quantitative estimate of drug-likeness (QED) is 0.0130. The highest BCUT2D eigenvalue weighted by molar-refractivity contribution is 7.87. The largest absolute Gasteiger partial charge is 0.505 e. The highest BCUT2D eigenvalue weighted by atomic mass is 35.5. The van der Waals surface area contributed by atoms with Gasteiger partial charge in [-0.25, -0.2) is 4.99 Å². The minimum atomic E-state index is -5.34. The first kappa shape index (κ1) is 47.6. The molecule has 10 N–H and O–H groups in total. The number of anilines is 3. The summed E-state index contributed by atoms with van der Waals surface area (Å²) in [5, 5.41) is 18.5. The van der Waals surface area contributed by atoms with Crippen LogP contribution in [0.1, 0.15) is 27.2 Å². The maximum absolute atomic E-state index is 12.7. The van der Waals surface area contributed by atoms with E-state index in [2.05, 4.69) is 36.8 Å². The third-order valence-corrected chi connectivity index (χ3v) is 15.5. The average Bonchev–Trinajstić information content (AvgIpc) is 3.14. The van der Waals surface area contributed by atoms with Gasteiger partial charge in [-0.3, -0.25) is 39.4 Å². The minimum absolute atomic E-state index is 0.0856. The lowest BCUT2D eigenvalue weighted by Gasteiger charge is -2.28. The Morgan fingerprint density at radius 1 is 0.787 bits per heavy atom. The van der Waals surface area contributed by atoms with E-state index in [1.807, 2.05) is 20.8 Å². The van der Waals surface area contributed by atoms with Crippen molar-refractivity contribution in [2.24, 2.45) is 9.98 Å². The lowest BCUT2D eigenvalue weighted by Crippen LogP contribution is -2.51. The van der Waals surface area contributed by atoms with Crippen LogP contribution < -0.4 is 26.8 Å². The Labute approximate surface area is 355 Å². The maximum Gasteiger partial charge on any atom is 0.500 e. The first-order valence-electron chi connectivity index (χ1n) is 17.7. The number of nitrogens with zero attached hydrogens (tertiary/aromatic N) is 2. The van der Waals surface area contributed by atoms with Crippen LogP contribution in [-0.4, -0.2) is 110 Å². The second-order valence-corrected chi connectivity index (χ2v) is 21.3. The first-order valence-corrected chi connectivity index (χ1v) is 25.9. The van der Waals surface area contributed by atoms with Gasteiger partial charge in [-0.15, -0.1) is 0 Å². The van der Waals surface area contributed by atoms with E-state index in [9.17, 15) is 57.0 Å². The van der Waals surface area contributed by atoms with E-state index in [1.54, 1.807) is 0 Å². The third kappa shape index (κ3) is 11.2. The summed E-state index contributed by atoms with van der Waals surface area (Å²) in [6.45, 7) is 6.79. The number of aliphatic imine (C=N–C) groups is 2. The molecule has 4 aromatic rings. The summed E-state index contributed by atoms with van der Waals surface area (Å²) >= 11 is 6.33. The van der Waals surface area contributed by atoms with E-state index < -0.39 is 102 Å². The molecule has 61 heavy (non-hydrogen) atoms. The molecule has 5 rings (SSSR count). The normalized spacial score (nSPS) is 16.0. The summed E-state index contributed by atoms with van der Waals surface area (Å²) in [7, 11) is -23.5. The topological polar surface area (TPSA) is 350 Å². The van der Waals surface area contributed by atoms with Crippen molar-refractivity contribution in [3.8, 4) is 5.75 Å². The number of benzene rings is 4. The van der Waals surface area contributed by atoms with Crippen LogP contribution in [0.3, 0.4) is 0 Å². The van der Waals surface area contributed by atoms with Crippen LogP contribution >= 0.6 is 11.6 Å². The number of nitrogens with one attached hydrogen (secondary N) is 5. The number of hydrazine groups is 1. The molecular formula is C32H40ClN7O16S4Si. The average molecular weight is 971 g/mol. The Morgan fingerprint density at radius 3 is 2.00 bits per heavy atom. The highest BCUT2D eigenvalue weighted by Crippen LogP contribution is 2.44. The molecule has 1 aliphatic heterocycles. The monoisotopic (exact) mass is 969 g/mol. The number of aromatic hydroxyl groups is 1.